The van der Waals surface area contributed by atoms with Gasteiger partial charge in [-0.25, -0.2) is 23.9 Å². The summed E-state index contributed by atoms with van der Waals surface area (Å²) in [4.78, 5) is 71.5. The van der Waals surface area contributed by atoms with Crippen molar-refractivity contribution in [1.29, 1.82) is 0 Å². The summed E-state index contributed by atoms with van der Waals surface area (Å²) in [6.07, 6.45) is -0.167. The molecule has 5 heterocycles. The highest BCUT2D eigenvalue weighted by Crippen LogP contribution is 2.44. The van der Waals surface area contributed by atoms with Crippen LogP contribution in [0.1, 0.15) is 76.3 Å². The zero-order valence-electron chi connectivity index (χ0n) is 35.2. The average molecular weight is 839 g/mol. The molecule has 0 aliphatic carbocycles. The first kappa shape index (κ1) is 41.5. The molecule has 3 aliphatic rings. The largest absolute Gasteiger partial charge is 0.488 e. The summed E-state index contributed by atoms with van der Waals surface area (Å²) in [6, 6.07) is 11.4. The summed E-state index contributed by atoms with van der Waals surface area (Å²) in [5.74, 6) is 1.04. The molecule has 61 heavy (non-hydrogen) atoms. The zero-order chi connectivity index (χ0) is 43.3. The average Bonchev–Trinajstić information content (AvgIpc) is 4.08. The van der Waals surface area contributed by atoms with Gasteiger partial charge in [0.25, 0.3) is 0 Å². The number of H-pyrrole nitrogens is 2. The molecule has 4 amide bonds. The fraction of sp³-hybridized carbons (Fsp3) is 0.455. The maximum atomic E-state index is 14.9. The van der Waals surface area contributed by atoms with Gasteiger partial charge in [-0.1, -0.05) is 32.0 Å². The summed E-state index contributed by atoms with van der Waals surface area (Å²) in [5.41, 5.74) is 6.10. The third kappa shape index (κ3) is 7.70. The molecule has 2 aromatic heterocycles. The maximum absolute atomic E-state index is 14.9. The van der Waals surface area contributed by atoms with Crippen LogP contribution in [0.5, 0.6) is 5.75 Å². The van der Waals surface area contributed by atoms with Crippen molar-refractivity contribution in [3.05, 3.63) is 65.9 Å². The van der Waals surface area contributed by atoms with Gasteiger partial charge >= 0.3 is 12.2 Å². The van der Waals surface area contributed by atoms with E-state index in [-0.39, 0.29) is 36.9 Å². The van der Waals surface area contributed by atoms with E-state index in [9.17, 15) is 23.6 Å². The van der Waals surface area contributed by atoms with Gasteiger partial charge in [0, 0.05) is 30.5 Å². The highest BCUT2D eigenvalue weighted by atomic mass is 19.1. The Hall–Kier alpha value is -6.23. The molecule has 2 saturated heterocycles. The van der Waals surface area contributed by atoms with Crippen molar-refractivity contribution in [2.24, 2.45) is 5.92 Å². The standard InChI is InChI=1S/C44H51FN8O8/c1-21(2)36(50-43(56)59-6)42(55)53-22(3)8-13-33(53)40-47-31-12-10-24-15-30-28-11-9-25(14-26(28)20-61-35(30)17-29(24)38(31)49-40)32-18-46-39(48-32)34-16-27(45)19-52(34)41(54)37(23(4)58-5)51-44(57)60-7/h9-12,14-15,17-18,21-23,27,33-34,36-37H,8,13,16,19-20H2,1-7H3,(H,46,48)(H,47,49)(H,50,56)(H,51,57)/t22-,23+,27-,33-,34-,36-,37?/m0/s1. The Morgan fingerprint density at radius 3 is 2.36 bits per heavy atom. The number of ether oxygens (including phenoxy) is 4. The normalized spacial score (nSPS) is 21.1. The van der Waals surface area contributed by atoms with Crippen LogP contribution in [-0.4, -0.2) is 112 Å². The smallest absolute Gasteiger partial charge is 0.407 e. The van der Waals surface area contributed by atoms with Gasteiger partial charge in [0.2, 0.25) is 11.8 Å². The number of hydrogen-bond acceptors (Lipinski definition) is 10. The molecule has 0 spiro atoms. The molecule has 16 nitrogen and oxygen atoms in total. The van der Waals surface area contributed by atoms with Gasteiger partial charge in [-0.15, -0.1) is 0 Å². The number of fused-ring (bicyclic) bond motifs is 6. The molecule has 5 aromatic rings. The van der Waals surface area contributed by atoms with Crippen LogP contribution >= 0.6 is 0 Å². The number of carbonyl (C=O) groups is 4. The first-order valence-electron chi connectivity index (χ1n) is 20.6. The lowest BCUT2D eigenvalue weighted by molar-refractivity contribution is -0.138. The van der Waals surface area contributed by atoms with Crippen molar-refractivity contribution in [3.63, 3.8) is 0 Å². The van der Waals surface area contributed by atoms with Gasteiger partial charge in [0.05, 0.1) is 61.9 Å². The minimum atomic E-state index is -1.28. The zero-order valence-corrected chi connectivity index (χ0v) is 35.2. The molecule has 4 N–H and O–H groups in total. The second-order valence-electron chi connectivity index (χ2n) is 16.4. The fourth-order valence-electron chi connectivity index (χ4n) is 8.94. The van der Waals surface area contributed by atoms with Crippen LogP contribution in [0.2, 0.25) is 0 Å². The van der Waals surface area contributed by atoms with Crippen LogP contribution in [0.25, 0.3) is 44.2 Å². The number of alkyl halides is 1. The number of amides is 4. The summed E-state index contributed by atoms with van der Waals surface area (Å²) in [7, 11) is 3.91. The predicted molar refractivity (Wildman–Crippen MR) is 223 cm³/mol. The quantitative estimate of drug-likeness (QED) is 0.121. The summed E-state index contributed by atoms with van der Waals surface area (Å²) < 4.78 is 36.2. The van der Waals surface area contributed by atoms with E-state index in [1.54, 1.807) is 13.1 Å². The number of carbonyl (C=O) groups excluding carboxylic acids is 4. The fourth-order valence-corrected chi connectivity index (χ4v) is 8.94. The molecular weight excluding hydrogens is 788 g/mol. The lowest BCUT2D eigenvalue weighted by Crippen LogP contribution is -2.54. The first-order valence-corrected chi connectivity index (χ1v) is 20.6. The van der Waals surface area contributed by atoms with Crippen molar-refractivity contribution >= 4 is 45.8 Å². The maximum Gasteiger partial charge on any atom is 0.407 e. The summed E-state index contributed by atoms with van der Waals surface area (Å²) >= 11 is 0. The number of rotatable bonds is 10. The lowest BCUT2D eigenvalue weighted by Gasteiger charge is -2.32. The molecular formula is C44H51FN8O8. The van der Waals surface area contributed by atoms with Crippen LogP contribution < -0.4 is 15.4 Å². The molecule has 3 aromatic carbocycles. The number of halogens is 1. The second-order valence-corrected chi connectivity index (χ2v) is 16.4. The van der Waals surface area contributed by atoms with E-state index in [2.05, 4.69) is 37.7 Å². The number of likely N-dealkylation sites (tertiary alicyclic amines) is 2. The third-order valence-electron chi connectivity index (χ3n) is 12.3. The Labute approximate surface area is 351 Å². The van der Waals surface area contributed by atoms with Gasteiger partial charge in [-0.3, -0.25) is 9.59 Å². The van der Waals surface area contributed by atoms with Crippen molar-refractivity contribution in [2.45, 2.75) is 96.0 Å². The van der Waals surface area contributed by atoms with Crippen LogP contribution in [0, 0.1) is 5.92 Å². The Bertz CT molecular complexity index is 2500. The number of nitrogens with one attached hydrogen (secondary N) is 4. The van der Waals surface area contributed by atoms with E-state index >= 15 is 0 Å². The van der Waals surface area contributed by atoms with Crippen molar-refractivity contribution in [1.82, 2.24) is 40.4 Å². The molecule has 0 saturated carbocycles. The number of benzene rings is 3. The minimum absolute atomic E-state index is 0.0431. The number of hydrogen-bond donors (Lipinski definition) is 4. The Morgan fingerprint density at radius 1 is 0.885 bits per heavy atom. The molecule has 2 fully saturated rings. The number of nitrogens with zero attached hydrogens (tertiary/aromatic N) is 4. The SMILES string of the molecule is COC(=O)NC(C(=O)N1C[C@@H](F)C[C@H]1c1ncc(-c2ccc3c(c2)COc2cc4c(ccc5nc([C@@H]6CC[C@H](C)N6C(=O)[C@@H](NC(=O)OC)C(C)C)[nH]c54)cc2-3)[nH]1)[C@@H](C)OC. The number of methoxy groups -OCH3 is 3. The Balaban J connectivity index is 1.04. The van der Waals surface area contributed by atoms with E-state index in [1.807, 2.05) is 56.0 Å². The van der Waals surface area contributed by atoms with E-state index in [4.69, 9.17) is 23.9 Å². The molecule has 3 aliphatic heterocycles. The molecule has 8 rings (SSSR count). The van der Waals surface area contributed by atoms with E-state index in [0.29, 0.717) is 23.9 Å². The number of imidazole rings is 2. The Morgan fingerprint density at radius 2 is 1.64 bits per heavy atom. The molecule has 0 radical (unpaired) electrons. The number of alkyl carbamates (subject to hydrolysis) is 2. The van der Waals surface area contributed by atoms with Gasteiger partial charge in [-0.2, -0.15) is 0 Å². The number of aromatic nitrogens is 4. The van der Waals surface area contributed by atoms with E-state index in [1.165, 1.54) is 26.2 Å². The van der Waals surface area contributed by atoms with Crippen molar-refractivity contribution in [3.8, 4) is 28.1 Å². The first-order chi connectivity index (χ1) is 29.3. The molecule has 322 valence electrons. The third-order valence-corrected chi connectivity index (χ3v) is 12.3. The second kappa shape index (κ2) is 16.7. The van der Waals surface area contributed by atoms with Crippen LogP contribution in [0.4, 0.5) is 14.0 Å². The van der Waals surface area contributed by atoms with E-state index < -0.39 is 48.5 Å². The summed E-state index contributed by atoms with van der Waals surface area (Å²) in [6.45, 7) is 7.63. The molecule has 0 bridgehead atoms. The van der Waals surface area contributed by atoms with Gasteiger partial charge in [0.1, 0.15) is 42.3 Å². The molecule has 1 unspecified atom stereocenters. The highest BCUT2D eigenvalue weighted by Gasteiger charge is 2.43. The Kier molecular flexibility index (Phi) is 11.3. The highest BCUT2D eigenvalue weighted by molar-refractivity contribution is 6.07. The van der Waals surface area contributed by atoms with Crippen LogP contribution in [0.15, 0.2) is 48.7 Å². The topological polar surface area (TPSA) is 193 Å². The predicted octanol–water partition coefficient (Wildman–Crippen LogP) is 6.47. The van der Waals surface area contributed by atoms with Crippen molar-refractivity contribution < 1.29 is 42.5 Å². The molecule has 7 atom stereocenters. The molecule has 17 heteroatoms. The summed E-state index contributed by atoms with van der Waals surface area (Å²) in [5, 5.41) is 7.17. The monoisotopic (exact) mass is 838 g/mol. The van der Waals surface area contributed by atoms with Crippen LogP contribution in [-0.2, 0) is 30.4 Å². The van der Waals surface area contributed by atoms with E-state index in [0.717, 1.165) is 62.7 Å². The van der Waals surface area contributed by atoms with Gasteiger partial charge in [-0.05, 0) is 78.9 Å². The van der Waals surface area contributed by atoms with Crippen LogP contribution in [0.3, 0.4) is 0 Å². The van der Waals surface area contributed by atoms with Gasteiger partial charge in [0.15, 0.2) is 0 Å². The number of aromatic amines is 2. The van der Waals surface area contributed by atoms with Crippen molar-refractivity contribution in [2.75, 3.05) is 27.9 Å². The van der Waals surface area contributed by atoms with Gasteiger partial charge < -0.3 is 49.3 Å². The lowest BCUT2D eigenvalue weighted by atomic mass is 9.92. The minimum Gasteiger partial charge on any atom is -0.488 e.